The number of nitrogens with zero attached hydrogens (tertiary/aromatic N) is 2. The molecule has 138 valence electrons. The molecule has 1 fully saturated rings. The number of carbonyl (C=O) groups excluding carboxylic acids is 1. The predicted octanol–water partition coefficient (Wildman–Crippen LogP) is 3.35. The van der Waals surface area contributed by atoms with Gasteiger partial charge >= 0.3 is 5.97 Å². The molecule has 1 aromatic carbocycles. The molecule has 1 saturated heterocycles. The van der Waals surface area contributed by atoms with Crippen LogP contribution in [0.15, 0.2) is 34.9 Å². The van der Waals surface area contributed by atoms with Crippen LogP contribution in [-0.4, -0.2) is 51.0 Å². The highest BCUT2D eigenvalue weighted by molar-refractivity contribution is 7.99. The first-order chi connectivity index (χ1) is 12.5. The van der Waals surface area contributed by atoms with Gasteiger partial charge in [0, 0.05) is 36.5 Å². The second-order valence-corrected chi connectivity index (χ2v) is 7.57. The minimum absolute atomic E-state index is 0.0194. The standard InChI is InChI=1S/C18H19ClN2O4S/c19-14-4-2-1-3-13(14)15-10-20-16(25-15)5-6-17(22)21-7-8-26-11-12(21)9-18(23)24/h1-4,10,12H,5-9,11H2,(H,23,24). The number of aromatic nitrogens is 1. The minimum atomic E-state index is -0.882. The summed E-state index contributed by atoms with van der Waals surface area (Å²) in [5.41, 5.74) is 0.758. The van der Waals surface area contributed by atoms with E-state index in [2.05, 4.69) is 4.98 Å². The van der Waals surface area contributed by atoms with Crippen LogP contribution in [0.25, 0.3) is 11.3 Å². The van der Waals surface area contributed by atoms with Crippen molar-refractivity contribution in [2.75, 3.05) is 18.1 Å². The number of rotatable bonds is 6. The highest BCUT2D eigenvalue weighted by atomic mass is 35.5. The number of aryl methyl sites for hydroxylation is 1. The van der Waals surface area contributed by atoms with Crippen LogP contribution >= 0.6 is 23.4 Å². The zero-order valence-electron chi connectivity index (χ0n) is 14.1. The molecule has 8 heteroatoms. The zero-order chi connectivity index (χ0) is 18.5. The molecule has 3 rings (SSSR count). The van der Waals surface area contributed by atoms with Crippen molar-refractivity contribution in [3.05, 3.63) is 41.4 Å². The Morgan fingerprint density at radius 1 is 1.38 bits per heavy atom. The van der Waals surface area contributed by atoms with Gasteiger partial charge in [-0.3, -0.25) is 9.59 Å². The SMILES string of the molecule is O=C(O)CC1CSCCN1C(=O)CCc1ncc(-c2ccccc2Cl)o1. The number of aliphatic carboxylic acids is 1. The van der Waals surface area contributed by atoms with Crippen LogP contribution in [-0.2, 0) is 16.0 Å². The number of thioether (sulfide) groups is 1. The summed E-state index contributed by atoms with van der Waals surface area (Å²) in [4.78, 5) is 29.4. The molecule has 0 bridgehead atoms. The third-order valence-corrected chi connectivity index (χ3v) is 5.63. The van der Waals surface area contributed by atoms with E-state index in [4.69, 9.17) is 21.1 Å². The summed E-state index contributed by atoms with van der Waals surface area (Å²) in [5, 5.41) is 9.60. The topological polar surface area (TPSA) is 83.6 Å². The molecule has 1 aliphatic heterocycles. The summed E-state index contributed by atoms with van der Waals surface area (Å²) in [6.45, 7) is 0.581. The summed E-state index contributed by atoms with van der Waals surface area (Å²) >= 11 is 7.84. The maximum atomic E-state index is 12.5. The molecule has 0 spiro atoms. The maximum absolute atomic E-state index is 12.5. The smallest absolute Gasteiger partial charge is 0.305 e. The Kier molecular flexibility index (Phi) is 6.21. The fourth-order valence-electron chi connectivity index (χ4n) is 2.92. The number of hydrogen-bond acceptors (Lipinski definition) is 5. The van der Waals surface area contributed by atoms with E-state index in [1.54, 1.807) is 28.9 Å². The van der Waals surface area contributed by atoms with Crippen molar-refractivity contribution in [1.82, 2.24) is 9.88 Å². The first-order valence-electron chi connectivity index (χ1n) is 8.33. The molecule has 1 amide bonds. The van der Waals surface area contributed by atoms with Crippen molar-refractivity contribution in [2.24, 2.45) is 0 Å². The monoisotopic (exact) mass is 394 g/mol. The Hall–Kier alpha value is -1.99. The lowest BCUT2D eigenvalue weighted by atomic mass is 10.1. The first kappa shape index (κ1) is 18.8. The molecular weight excluding hydrogens is 376 g/mol. The number of hydrogen-bond donors (Lipinski definition) is 1. The fourth-order valence-corrected chi connectivity index (χ4v) is 4.21. The molecule has 0 saturated carbocycles. The third-order valence-electron chi connectivity index (χ3n) is 4.20. The second-order valence-electron chi connectivity index (χ2n) is 6.01. The predicted molar refractivity (Wildman–Crippen MR) is 100 cm³/mol. The molecule has 1 aromatic heterocycles. The average Bonchev–Trinajstić information content (AvgIpc) is 3.09. The van der Waals surface area contributed by atoms with Gasteiger partial charge < -0.3 is 14.4 Å². The molecule has 6 nitrogen and oxygen atoms in total. The van der Waals surface area contributed by atoms with E-state index in [0.29, 0.717) is 35.4 Å². The van der Waals surface area contributed by atoms with Gasteiger partial charge in [-0.05, 0) is 12.1 Å². The Morgan fingerprint density at radius 2 is 2.19 bits per heavy atom. The van der Waals surface area contributed by atoms with Crippen LogP contribution in [0.2, 0.25) is 5.02 Å². The lowest BCUT2D eigenvalue weighted by Gasteiger charge is -2.34. The summed E-state index contributed by atoms with van der Waals surface area (Å²) < 4.78 is 5.72. The summed E-state index contributed by atoms with van der Waals surface area (Å²) in [6.07, 6.45) is 2.19. The first-order valence-corrected chi connectivity index (χ1v) is 9.86. The number of oxazole rings is 1. The van der Waals surface area contributed by atoms with Crippen molar-refractivity contribution in [3.8, 4) is 11.3 Å². The fraction of sp³-hybridized carbons (Fsp3) is 0.389. The van der Waals surface area contributed by atoms with Gasteiger partial charge in [0.1, 0.15) is 0 Å². The Bertz CT molecular complexity index is 795. The number of halogens is 1. The Labute approximate surface area is 160 Å². The van der Waals surface area contributed by atoms with E-state index >= 15 is 0 Å². The van der Waals surface area contributed by atoms with Crippen molar-refractivity contribution in [2.45, 2.75) is 25.3 Å². The molecule has 1 aliphatic rings. The van der Waals surface area contributed by atoms with Gasteiger partial charge in [-0.2, -0.15) is 11.8 Å². The molecule has 2 aromatic rings. The lowest BCUT2D eigenvalue weighted by Crippen LogP contribution is -2.47. The molecule has 1 unspecified atom stereocenters. The summed E-state index contributed by atoms with van der Waals surface area (Å²) in [7, 11) is 0. The third kappa shape index (κ3) is 4.59. The maximum Gasteiger partial charge on any atom is 0.305 e. The quantitative estimate of drug-likeness (QED) is 0.808. The summed E-state index contributed by atoms with van der Waals surface area (Å²) in [6, 6.07) is 7.08. The number of amides is 1. The van der Waals surface area contributed by atoms with Crippen molar-refractivity contribution in [1.29, 1.82) is 0 Å². The number of benzene rings is 1. The van der Waals surface area contributed by atoms with Gasteiger partial charge in [-0.15, -0.1) is 0 Å². The molecule has 2 heterocycles. The lowest BCUT2D eigenvalue weighted by molar-refractivity contribution is -0.140. The molecule has 0 radical (unpaired) electrons. The van der Waals surface area contributed by atoms with Crippen LogP contribution in [0, 0.1) is 0 Å². The van der Waals surface area contributed by atoms with Crippen LogP contribution < -0.4 is 0 Å². The van der Waals surface area contributed by atoms with E-state index < -0.39 is 5.97 Å². The van der Waals surface area contributed by atoms with E-state index in [9.17, 15) is 9.59 Å². The molecular formula is C18H19ClN2O4S. The van der Waals surface area contributed by atoms with Crippen LogP contribution in [0.3, 0.4) is 0 Å². The number of carboxylic acid groups (broad SMARTS) is 1. The van der Waals surface area contributed by atoms with Gasteiger partial charge in [0.2, 0.25) is 5.91 Å². The van der Waals surface area contributed by atoms with Crippen LogP contribution in [0.5, 0.6) is 0 Å². The largest absolute Gasteiger partial charge is 0.481 e. The van der Waals surface area contributed by atoms with Gasteiger partial charge in [0.15, 0.2) is 11.7 Å². The Balaban J connectivity index is 1.61. The molecule has 26 heavy (non-hydrogen) atoms. The number of carbonyl (C=O) groups is 2. The van der Waals surface area contributed by atoms with Crippen LogP contribution in [0.1, 0.15) is 18.7 Å². The van der Waals surface area contributed by atoms with E-state index in [0.717, 1.165) is 11.3 Å². The van der Waals surface area contributed by atoms with Gasteiger partial charge in [0.25, 0.3) is 0 Å². The van der Waals surface area contributed by atoms with E-state index in [1.807, 2.05) is 18.2 Å². The Morgan fingerprint density at radius 3 is 2.96 bits per heavy atom. The summed E-state index contributed by atoms with van der Waals surface area (Å²) in [5.74, 6) is 1.58. The van der Waals surface area contributed by atoms with Crippen LogP contribution in [0.4, 0.5) is 0 Å². The number of carboxylic acids is 1. The van der Waals surface area contributed by atoms with Gasteiger partial charge in [-0.1, -0.05) is 23.7 Å². The van der Waals surface area contributed by atoms with E-state index in [-0.39, 0.29) is 24.8 Å². The highest BCUT2D eigenvalue weighted by Gasteiger charge is 2.28. The molecule has 1 atom stereocenters. The normalized spacial score (nSPS) is 17.3. The van der Waals surface area contributed by atoms with Crippen molar-refractivity contribution < 1.29 is 19.1 Å². The van der Waals surface area contributed by atoms with E-state index in [1.165, 1.54) is 0 Å². The molecule has 0 aliphatic carbocycles. The zero-order valence-corrected chi connectivity index (χ0v) is 15.6. The van der Waals surface area contributed by atoms with Crippen molar-refractivity contribution >= 4 is 35.2 Å². The highest BCUT2D eigenvalue weighted by Crippen LogP contribution is 2.28. The van der Waals surface area contributed by atoms with Crippen molar-refractivity contribution in [3.63, 3.8) is 0 Å². The second kappa shape index (κ2) is 8.60. The van der Waals surface area contributed by atoms with Gasteiger partial charge in [-0.25, -0.2) is 4.98 Å². The average molecular weight is 395 g/mol. The van der Waals surface area contributed by atoms with Gasteiger partial charge in [0.05, 0.1) is 23.7 Å². The molecule has 1 N–H and O–H groups in total. The minimum Gasteiger partial charge on any atom is -0.481 e.